The molecule has 0 aromatic rings. The molecule has 0 saturated carbocycles. The van der Waals surface area contributed by atoms with Gasteiger partial charge in [-0.1, -0.05) is 31.4 Å². The molecular weight excluding hydrogens is 226 g/mol. The normalized spacial score (nSPS) is 26.0. The number of allylic oxidation sites excluding steroid dienone is 4. The summed E-state index contributed by atoms with van der Waals surface area (Å²) in [4.78, 5) is 2.28. The van der Waals surface area contributed by atoms with Gasteiger partial charge in [-0.25, -0.2) is 0 Å². The maximum atomic E-state index is 9.58. The summed E-state index contributed by atoms with van der Waals surface area (Å²) in [6.07, 6.45) is 8.90. The van der Waals surface area contributed by atoms with Crippen LogP contribution in [0.4, 0.5) is 0 Å². The van der Waals surface area contributed by atoms with E-state index in [1.54, 1.807) is 6.08 Å². The number of aliphatic hydroxyl groups is 2. The van der Waals surface area contributed by atoms with E-state index in [2.05, 4.69) is 18.1 Å². The highest BCUT2D eigenvalue weighted by atomic mass is 16.3. The van der Waals surface area contributed by atoms with Gasteiger partial charge in [0.1, 0.15) is 0 Å². The fourth-order valence-corrected chi connectivity index (χ4v) is 2.45. The lowest BCUT2D eigenvalue weighted by atomic mass is 9.99. The monoisotopic (exact) mass is 251 g/mol. The van der Waals surface area contributed by atoms with Crippen LogP contribution in [0.5, 0.6) is 0 Å². The van der Waals surface area contributed by atoms with E-state index in [0.29, 0.717) is 6.42 Å². The van der Waals surface area contributed by atoms with Gasteiger partial charge in [0.25, 0.3) is 0 Å². The average molecular weight is 251 g/mol. The molecule has 1 heterocycles. The number of hydrogen-bond donors (Lipinski definition) is 2. The Labute approximate surface area is 110 Å². The van der Waals surface area contributed by atoms with E-state index in [4.69, 9.17) is 0 Å². The largest absolute Gasteiger partial charge is 0.395 e. The van der Waals surface area contributed by atoms with Crippen LogP contribution in [0.2, 0.25) is 0 Å². The van der Waals surface area contributed by atoms with Gasteiger partial charge in [-0.15, -0.1) is 0 Å². The Morgan fingerprint density at radius 1 is 1.39 bits per heavy atom. The van der Waals surface area contributed by atoms with Crippen molar-refractivity contribution >= 4 is 0 Å². The number of likely N-dealkylation sites (tertiary alicyclic amines) is 1. The van der Waals surface area contributed by atoms with Crippen LogP contribution in [0.3, 0.4) is 0 Å². The third-order valence-corrected chi connectivity index (χ3v) is 3.53. The predicted molar refractivity (Wildman–Crippen MR) is 75.4 cm³/mol. The maximum absolute atomic E-state index is 9.58. The molecule has 1 rings (SSSR count). The summed E-state index contributed by atoms with van der Waals surface area (Å²) in [7, 11) is 0. The standard InChI is InChI=1S/C15H25NO2/c1-3-6-13(4-2)7-5-9-16-10-8-15(18)11-14(16)12-17/h3-4,6,14-15,17-18H,1-2,5,7-12H2/b13-6+. The van der Waals surface area contributed by atoms with E-state index in [0.717, 1.165) is 32.4 Å². The molecule has 0 bridgehead atoms. The fraction of sp³-hybridized carbons (Fsp3) is 0.600. The average Bonchev–Trinajstić information content (AvgIpc) is 2.39. The SMILES string of the molecule is C=C/C=C(\C=C)CCCN1CCC(O)CC1CO. The molecule has 0 amide bonds. The van der Waals surface area contributed by atoms with Gasteiger partial charge >= 0.3 is 0 Å². The molecule has 3 heteroatoms. The first kappa shape index (κ1) is 15.2. The molecular formula is C15H25NO2. The van der Waals surface area contributed by atoms with Gasteiger partial charge in [-0.3, -0.25) is 4.90 Å². The van der Waals surface area contributed by atoms with E-state index >= 15 is 0 Å². The molecule has 0 spiro atoms. The zero-order chi connectivity index (χ0) is 13.4. The van der Waals surface area contributed by atoms with Gasteiger partial charge in [-0.2, -0.15) is 0 Å². The van der Waals surface area contributed by atoms with E-state index < -0.39 is 0 Å². The van der Waals surface area contributed by atoms with Crippen molar-refractivity contribution in [1.29, 1.82) is 0 Å². The van der Waals surface area contributed by atoms with E-state index in [1.165, 1.54) is 5.57 Å². The summed E-state index contributed by atoms with van der Waals surface area (Å²) in [5.74, 6) is 0. The van der Waals surface area contributed by atoms with Crippen molar-refractivity contribution in [2.75, 3.05) is 19.7 Å². The molecule has 0 radical (unpaired) electrons. The molecule has 2 N–H and O–H groups in total. The number of nitrogens with zero attached hydrogens (tertiary/aromatic N) is 1. The molecule has 18 heavy (non-hydrogen) atoms. The summed E-state index contributed by atoms with van der Waals surface area (Å²) < 4.78 is 0. The predicted octanol–water partition coefficient (Wildman–Crippen LogP) is 1.88. The third-order valence-electron chi connectivity index (χ3n) is 3.53. The van der Waals surface area contributed by atoms with Gasteiger partial charge in [0.05, 0.1) is 12.7 Å². The fourth-order valence-electron chi connectivity index (χ4n) is 2.45. The van der Waals surface area contributed by atoms with Crippen molar-refractivity contribution < 1.29 is 10.2 Å². The lowest BCUT2D eigenvalue weighted by molar-refractivity contribution is 0.0167. The molecule has 0 aliphatic carbocycles. The van der Waals surface area contributed by atoms with E-state index in [9.17, 15) is 10.2 Å². The number of hydrogen-bond acceptors (Lipinski definition) is 3. The Bertz CT molecular complexity index is 299. The van der Waals surface area contributed by atoms with Crippen molar-refractivity contribution in [1.82, 2.24) is 4.90 Å². The van der Waals surface area contributed by atoms with Crippen LogP contribution in [-0.2, 0) is 0 Å². The van der Waals surface area contributed by atoms with Crippen LogP contribution >= 0.6 is 0 Å². The van der Waals surface area contributed by atoms with Crippen LogP contribution in [-0.4, -0.2) is 47.0 Å². The minimum atomic E-state index is -0.247. The molecule has 3 nitrogen and oxygen atoms in total. The van der Waals surface area contributed by atoms with Gasteiger partial charge in [0.2, 0.25) is 0 Å². The Hall–Kier alpha value is -0.900. The molecule has 1 aliphatic rings. The second-order valence-corrected chi connectivity index (χ2v) is 4.84. The molecule has 2 unspecified atom stereocenters. The Morgan fingerprint density at radius 3 is 2.78 bits per heavy atom. The summed E-state index contributed by atoms with van der Waals surface area (Å²) in [5.41, 5.74) is 1.20. The topological polar surface area (TPSA) is 43.7 Å². The van der Waals surface area contributed by atoms with Crippen molar-refractivity contribution in [3.8, 4) is 0 Å². The van der Waals surface area contributed by atoms with Crippen LogP contribution in [0.25, 0.3) is 0 Å². The van der Waals surface area contributed by atoms with Gasteiger partial charge in [0.15, 0.2) is 0 Å². The first-order chi connectivity index (χ1) is 8.71. The van der Waals surface area contributed by atoms with Crippen molar-refractivity contribution in [2.45, 2.75) is 37.8 Å². The summed E-state index contributed by atoms with van der Waals surface area (Å²) in [6, 6.07) is 0.115. The van der Waals surface area contributed by atoms with Crippen molar-refractivity contribution in [3.63, 3.8) is 0 Å². The highest BCUT2D eigenvalue weighted by molar-refractivity contribution is 5.20. The zero-order valence-electron chi connectivity index (χ0n) is 11.1. The summed E-state index contributed by atoms with van der Waals surface area (Å²) in [5, 5.41) is 18.9. The van der Waals surface area contributed by atoms with E-state index in [1.807, 2.05) is 12.2 Å². The maximum Gasteiger partial charge on any atom is 0.0587 e. The van der Waals surface area contributed by atoms with Gasteiger partial charge in [-0.05, 0) is 37.8 Å². The highest BCUT2D eigenvalue weighted by Gasteiger charge is 2.26. The van der Waals surface area contributed by atoms with Crippen molar-refractivity contribution in [3.05, 3.63) is 37.0 Å². The van der Waals surface area contributed by atoms with Crippen LogP contribution in [0.15, 0.2) is 37.0 Å². The molecule has 1 saturated heterocycles. The molecule has 1 aliphatic heterocycles. The zero-order valence-corrected chi connectivity index (χ0v) is 11.1. The van der Waals surface area contributed by atoms with Gasteiger partial charge in [0, 0.05) is 12.6 Å². The molecule has 2 atom stereocenters. The van der Waals surface area contributed by atoms with Gasteiger partial charge < -0.3 is 10.2 Å². The van der Waals surface area contributed by atoms with Crippen LogP contribution < -0.4 is 0 Å². The first-order valence-corrected chi connectivity index (χ1v) is 6.68. The number of aliphatic hydroxyl groups excluding tert-OH is 2. The lowest BCUT2D eigenvalue weighted by Gasteiger charge is -2.36. The Balaban J connectivity index is 2.35. The third kappa shape index (κ3) is 4.77. The van der Waals surface area contributed by atoms with Crippen LogP contribution in [0, 0.1) is 0 Å². The summed E-state index contributed by atoms with van der Waals surface area (Å²) in [6.45, 7) is 9.44. The Morgan fingerprint density at radius 2 is 2.17 bits per heavy atom. The highest BCUT2D eigenvalue weighted by Crippen LogP contribution is 2.18. The van der Waals surface area contributed by atoms with Crippen LogP contribution in [0.1, 0.15) is 25.7 Å². The van der Waals surface area contributed by atoms with E-state index in [-0.39, 0.29) is 18.8 Å². The van der Waals surface area contributed by atoms with Crippen molar-refractivity contribution in [2.24, 2.45) is 0 Å². The molecule has 0 aromatic carbocycles. The minimum Gasteiger partial charge on any atom is -0.395 e. The quantitative estimate of drug-likeness (QED) is 0.679. The second-order valence-electron chi connectivity index (χ2n) is 4.84. The smallest absolute Gasteiger partial charge is 0.0587 e. The summed E-state index contributed by atoms with van der Waals surface area (Å²) >= 11 is 0. The lowest BCUT2D eigenvalue weighted by Crippen LogP contribution is -2.46. The molecule has 0 aromatic heterocycles. The molecule has 102 valence electrons. The minimum absolute atomic E-state index is 0.115. The number of rotatable bonds is 7. The Kier molecular flexibility index (Phi) is 6.94. The second kappa shape index (κ2) is 8.25. The molecule has 1 fully saturated rings. The number of piperidine rings is 1. The first-order valence-electron chi connectivity index (χ1n) is 6.68.